The van der Waals surface area contributed by atoms with Crippen LogP contribution in [0.3, 0.4) is 0 Å². The Morgan fingerprint density at radius 2 is 1.12 bits per heavy atom. The fourth-order valence-electron chi connectivity index (χ4n) is 3.95. The van der Waals surface area contributed by atoms with Crippen LogP contribution < -0.4 is 21.6 Å². The molecule has 0 aromatic heterocycles. The van der Waals surface area contributed by atoms with Crippen LogP contribution in [0.5, 0.6) is 0 Å². The quantitative estimate of drug-likeness (QED) is 0.512. The van der Waals surface area contributed by atoms with Crippen molar-refractivity contribution in [1.82, 2.24) is 9.80 Å². The molecule has 32 heavy (non-hydrogen) atoms. The summed E-state index contributed by atoms with van der Waals surface area (Å²) in [6.45, 7) is 0.599. The Balaban J connectivity index is 1.90. The molecule has 0 aliphatic heterocycles. The number of amides is 3. The van der Waals surface area contributed by atoms with Crippen molar-refractivity contribution in [1.29, 1.82) is 0 Å². The van der Waals surface area contributed by atoms with Crippen molar-refractivity contribution in [3.05, 3.63) is 91.0 Å². The smallest absolute Gasteiger partial charge is 0.314 e. The minimum Gasteiger partial charge on any atom is -0.351 e. The van der Waals surface area contributed by atoms with Gasteiger partial charge in [-0.3, -0.25) is 4.79 Å². The number of nitrogens with two attached hydrogens (primary N) is 1. The molecule has 0 unspecified atom stereocenters. The molecule has 3 aromatic rings. The molecule has 0 fully saturated rings. The Bertz CT molecular complexity index is 916. The number of nitrogens with zero attached hydrogens (tertiary/aromatic N) is 2. The van der Waals surface area contributed by atoms with Crippen molar-refractivity contribution in [3.63, 3.8) is 0 Å². The second-order valence-corrected chi connectivity index (χ2v) is 11.5. The predicted molar refractivity (Wildman–Crippen MR) is 134 cm³/mol. The average molecular weight is 449 g/mol. The van der Waals surface area contributed by atoms with E-state index in [0.29, 0.717) is 6.54 Å². The van der Waals surface area contributed by atoms with Crippen LogP contribution in [-0.2, 0) is 4.79 Å². The molecule has 0 spiro atoms. The lowest BCUT2D eigenvalue weighted by molar-refractivity contribution is -0.130. The number of benzene rings is 3. The zero-order valence-corrected chi connectivity index (χ0v) is 19.6. The summed E-state index contributed by atoms with van der Waals surface area (Å²) in [5, 5.41) is 4.00. The van der Waals surface area contributed by atoms with Crippen molar-refractivity contribution >= 4 is 35.1 Å². The van der Waals surface area contributed by atoms with Crippen LogP contribution >= 0.6 is 7.26 Å². The van der Waals surface area contributed by atoms with Crippen LogP contribution in [-0.4, -0.2) is 55.1 Å². The van der Waals surface area contributed by atoms with E-state index in [1.807, 2.05) is 0 Å². The monoisotopic (exact) mass is 448 g/mol. The first-order valence-electron chi connectivity index (χ1n) is 10.7. The number of likely N-dealkylation sites (N-methyl/N-ethyl adjacent to an activating group) is 2. The molecule has 0 heterocycles. The van der Waals surface area contributed by atoms with Gasteiger partial charge in [0.25, 0.3) is 0 Å². The Morgan fingerprint density at radius 3 is 1.50 bits per heavy atom. The van der Waals surface area contributed by atoms with Crippen LogP contribution in [0.1, 0.15) is 6.42 Å². The number of carbonyl (C=O) groups is 2. The van der Waals surface area contributed by atoms with Crippen molar-refractivity contribution in [2.75, 3.05) is 33.3 Å². The third kappa shape index (κ3) is 5.35. The van der Waals surface area contributed by atoms with Gasteiger partial charge in [0.1, 0.15) is 29.7 Å². The summed E-state index contributed by atoms with van der Waals surface area (Å²) in [6.07, 6.45) is 1.78. The summed E-state index contributed by atoms with van der Waals surface area (Å²) in [6, 6.07) is 31.5. The average Bonchev–Trinajstić information content (AvgIpc) is 2.83. The fraction of sp³-hybridized carbons (Fsp3) is 0.231. The highest BCUT2D eigenvalue weighted by Crippen LogP contribution is 2.55. The Kier molecular flexibility index (Phi) is 8.02. The maximum Gasteiger partial charge on any atom is 0.314 e. The lowest BCUT2D eigenvalue weighted by atomic mass is 10.3. The van der Waals surface area contributed by atoms with E-state index in [4.69, 9.17) is 5.73 Å². The normalized spacial score (nSPS) is 11.1. The molecule has 3 rings (SSSR count). The summed E-state index contributed by atoms with van der Waals surface area (Å²) in [7, 11) is 1.41. The highest BCUT2D eigenvalue weighted by atomic mass is 31.2. The molecular weight excluding hydrogens is 417 g/mol. The van der Waals surface area contributed by atoms with E-state index in [-0.39, 0.29) is 12.5 Å². The zero-order chi connectivity index (χ0) is 23.0. The molecule has 0 bridgehead atoms. The number of urea groups is 1. The number of hydrogen-bond acceptors (Lipinski definition) is 2. The Labute approximate surface area is 191 Å². The zero-order valence-electron chi connectivity index (χ0n) is 18.7. The van der Waals surface area contributed by atoms with Gasteiger partial charge < -0.3 is 15.5 Å². The van der Waals surface area contributed by atoms with E-state index >= 15 is 0 Å². The number of hydrogen-bond donors (Lipinski definition) is 1. The van der Waals surface area contributed by atoms with Gasteiger partial charge in [-0.25, -0.2) is 4.79 Å². The minimum atomic E-state index is -1.91. The first kappa shape index (κ1) is 23.5. The molecule has 2 N–H and O–H groups in total. The second kappa shape index (κ2) is 10.9. The van der Waals surface area contributed by atoms with Crippen LogP contribution in [0.15, 0.2) is 91.0 Å². The molecule has 0 radical (unpaired) electrons. The topological polar surface area (TPSA) is 66.6 Å². The van der Waals surface area contributed by atoms with Crippen LogP contribution in [0.4, 0.5) is 4.79 Å². The summed E-state index contributed by atoms with van der Waals surface area (Å²) in [5.74, 6) is -0.116. The Hall–Kier alpha value is -3.17. The van der Waals surface area contributed by atoms with E-state index in [2.05, 4.69) is 91.0 Å². The molecule has 3 aromatic carbocycles. The van der Waals surface area contributed by atoms with Gasteiger partial charge in [0, 0.05) is 20.6 Å². The van der Waals surface area contributed by atoms with Gasteiger partial charge in [-0.05, 0) is 42.8 Å². The maximum absolute atomic E-state index is 12.5. The highest BCUT2D eigenvalue weighted by Gasteiger charge is 2.44. The molecule has 166 valence electrons. The summed E-state index contributed by atoms with van der Waals surface area (Å²) < 4.78 is 0. The van der Waals surface area contributed by atoms with Crippen molar-refractivity contribution in [2.45, 2.75) is 6.42 Å². The van der Waals surface area contributed by atoms with Crippen LogP contribution in [0.2, 0.25) is 0 Å². The highest BCUT2D eigenvalue weighted by molar-refractivity contribution is 7.95. The number of rotatable bonds is 9. The Morgan fingerprint density at radius 1 is 0.719 bits per heavy atom. The van der Waals surface area contributed by atoms with Crippen LogP contribution in [0, 0.1) is 0 Å². The minimum absolute atomic E-state index is 0.0117. The van der Waals surface area contributed by atoms with Gasteiger partial charge in [-0.1, -0.05) is 54.6 Å². The number of carbonyl (C=O) groups excluding carboxylic acids is 2. The molecule has 0 atom stereocenters. The molecule has 0 aliphatic carbocycles. The standard InChI is InChI=1S/C26H30N3O2P/c1-28(25(30)21-29(2)26(27)31)19-12-20-32(22-13-6-3-7-14-22,23-15-8-4-9-16-23)24-17-10-5-11-18-24/h3-11,13-18H,12,19-21H2,1-2H3,(H-,27,31)/p+1. The SMILES string of the molecule is CN(CC(=O)N(C)CCC[P+](c1ccccc1)(c1ccccc1)c1ccccc1)C(N)=O. The molecule has 5 nitrogen and oxygen atoms in total. The van der Waals surface area contributed by atoms with Gasteiger partial charge >= 0.3 is 6.03 Å². The lowest BCUT2D eigenvalue weighted by Gasteiger charge is -2.28. The van der Waals surface area contributed by atoms with Gasteiger partial charge in [0.05, 0.1) is 6.16 Å². The third-order valence-corrected chi connectivity index (χ3v) is 10.3. The molecular formula is C26H31N3O2P+. The fourth-order valence-corrected chi connectivity index (χ4v) is 8.28. The summed E-state index contributed by atoms with van der Waals surface area (Å²) in [4.78, 5) is 26.7. The van der Waals surface area contributed by atoms with Gasteiger partial charge in [0.2, 0.25) is 5.91 Å². The van der Waals surface area contributed by atoms with E-state index < -0.39 is 13.3 Å². The first-order valence-corrected chi connectivity index (χ1v) is 12.7. The van der Waals surface area contributed by atoms with Crippen molar-refractivity contribution in [2.24, 2.45) is 5.73 Å². The van der Waals surface area contributed by atoms with Gasteiger partial charge in [-0.2, -0.15) is 0 Å². The summed E-state index contributed by atoms with van der Waals surface area (Å²) in [5.41, 5.74) is 5.26. The van der Waals surface area contributed by atoms with Crippen molar-refractivity contribution < 1.29 is 9.59 Å². The van der Waals surface area contributed by atoms with Gasteiger partial charge in [0.15, 0.2) is 0 Å². The second-order valence-electron chi connectivity index (χ2n) is 7.90. The molecule has 0 saturated carbocycles. The van der Waals surface area contributed by atoms with E-state index in [1.54, 1.807) is 11.9 Å². The molecule has 6 heteroatoms. The molecule has 3 amide bonds. The maximum atomic E-state index is 12.5. The lowest BCUT2D eigenvalue weighted by Crippen LogP contribution is -2.42. The molecule has 0 aliphatic rings. The third-order valence-electron chi connectivity index (χ3n) is 5.75. The summed E-state index contributed by atoms with van der Waals surface area (Å²) >= 11 is 0. The molecule has 0 saturated heterocycles. The van der Waals surface area contributed by atoms with E-state index in [1.165, 1.54) is 27.9 Å². The van der Waals surface area contributed by atoms with E-state index in [9.17, 15) is 9.59 Å². The number of primary amides is 1. The van der Waals surface area contributed by atoms with Gasteiger partial charge in [-0.15, -0.1) is 0 Å². The largest absolute Gasteiger partial charge is 0.351 e. The predicted octanol–water partition coefficient (Wildman–Crippen LogP) is 2.84. The van der Waals surface area contributed by atoms with E-state index in [0.717, 1.165) is 12.6 Å². The van der Waals surface area contributed by atoms with Crippen LogP contribution in [0.25, 0.3) is 0 Å². The van der Waals surface area contributed by atoms with Crippen molar-refractivity contribution in [3.8, 4) is 0 Å². The first-order chi connectivity index (χ1) is 15.4.